The number of hydrogen-bond donors (Lipinski definition) is 3. The molecule has 9 nitrogen and oxygen atoms in total. The van der Waals surface area contributed by atoms with Crippen LogP contribution in [0.4, 0.5) is 10.6 Å². The summed E-state index contributed by atoms with van der Waals surface area (Å²) in [6, 6.07) is 1.61. The number of nitrogens with zero attached hydrogens (tertiary/aromatic N) is 3. The van der Waals surface area contributed by atoms with Gasteiger partial charge in [-0.05, 0) is 12.8 Å². The van der Waals surface area contributed by atoms with Crippen LogP contribution < -0.4 is 21.5 Å². The molecule has 1 fully saturated rings. The highest BCUT2D eigenvalue weighted by molar-refractivity contribution is 5.80. The molecule has 3 heterocycles. The minimum Gasteiger partial charge on any atom is -0.465 e. The quantitative estimate of drug-likeness (QED) is 0.709. The fourth-order valence-electron chi connectivity index (χ4n) is 3.10. The fraction of sp³-hybridized carbons (Fsp3) is 0.500. The molecule has 0 bridgehead atoms. The third-order valence-electron chi connectivity index (χ3n) is 4.33. The van der Waals surface area contributed by atoms with Crippen molar-refractivity contribution in [3.8, 4) is 0 Å². The Bertz CT molecular complexity index is 878. The van der Waals surface area contributed by atoms with Gasteiger partial charge >= 0.3 is 11.8 Å². The van der Waals surface area contributed by atoms with Gasteiger partial charge in [0.1, 0.15) is 11.3 Å². The minimum absolute atomic E-state index is 0.153. The minimum atomic E-state index is -1.04. The number of fused-ring (bicyclic) bond motifs is 1. The predicted molar refractivity (Wildman–Crippen MR) is 85.2 cm³/mol. The Kier molecular flexibility index (Phi) is 3.63. The summed E-state index contributed by atoms with van der Waals surface area (Å²) >= 11 is 0. The summed E-state index contributed by atoms with van der Waals surface area (Å²) in [5.41, 5.74) is 0.169. The van der Waals surface area contributed by atoms with Gasteiger partial charge in [0.25, 0.3) is 5.56 Å². The number of aryl methyl sites for hydroxylation is 1. The molecule has 0 radical (unpaired) electrons. The van der Waals surface area contributed by atoms with E-state index >= 15 is 0 Å². The second kappa shape index (κ2) is 5.49. The maximum atomic E-state index is 12.2. The van der Waals surface area contributed by atoms with E-state index in [1.807, 2.05) is 4.90 Å². The number of nitrogens with one attached hydrogen (secondary N) is 2. The first-order valence-electron chi connectivity index (χ1n) is 7.41. The zero-order valence-electron chi connectivity index (χ0n) is 13.0. The van der Waals surface area contributed by atoms with Crippen LogP contribution in [-0.2, 0) is 14.1 Å². The molecule has 1 saturated heterocycles. The van der Waals surface area contributed by atoms with Gasteiger partial charge in [-0.1, -0.05) is 0 Å². The van der Waals surface area contributed by atoms with E-state index in [1.54, 1.807) is 13.1 Å². The molecule has 0 saturated carbocycles. The Morgan fingerprint density at radius 1 is 1.35 bits per heavy atom. The lowest BCUT2D eigenvalue weighted by atomic mass is 10.1. The van der Waals surface area contributed by atoms with E-state index in [2.05, 4.69) is 10.3 Å². The molecule has 9 heteroatoms. The highest BCUT2D eigenvalue weighted by Crippen LogP contribution is 2.22. The van der Waals surface area contributed by atoms with Crippen molar-refractivity contribution < 1.29 is 9.90 Å². The molecule has 0 aliphatic carbocycles. The molecule has 0 unspecified atom stereocenters. The molecule has 1 amide bonds. The number of hydrogen-bond acceptors (Lipinski definition) is 4. The lowest BCUT2D eigenvalue weighted by molar-refractivity contribution is 0.188. The molecule has 2 aromatic heterocycles. The van der Waals surface area contributed by atoms with E-state index in [-0.39, 0.29) is 17.3 Å². The highest BCUT2D eigenvalue weighted by Gasteiger charge is 2.23. The van der Waals surface area contributed by atoms with Gasteiger partial charge in [-0.2, -0.15) is 0 Å². The molecule has 3 N–H and O–H groups in total. The number of piperidine rings is 1. The Labute approximate surface area is 131 Å². The van der Waals surface area contributed by atoms with Crippen LogP contribution >= 0.6 is 0 Å². The van der Waals surface area contributed by atoms with Gasteiger partial charge in [0.15, 0.2) is 0 Å². The summed E-state index contributed by atoms with van der Waals surface area (Å²) < 4.78 is 2.49. The monoisotopic (exact) mass is 321 g/mol. The average Bonchev–Trinajstić information content (AvgIpc) is 2.96. The molecule has 1 aliphatic rings. The lowest BCUT2D eigenvalue weighted by Crippen LogP contribution is -2.47. The first kappa shape index (κ1) is 15.2. The smallest absolute Gasteiger partial charge is 0.404 e. The third kappa shape index (κ3) is 2.58. The normalized spacial score (nSPS) is 18.3. The Hall–Kier alpha value is -2.71. The highest BCUT2D eigenvalue weighted by atomic mass is 16.4. The number of H-pyrrole nitrogens is 1. The first-order chi connectivity index (χ1) is 10.9. The summed E-state index contributed by atoms with van der Waals surface area (Å²) in [7, 11) is 3.06. The van der Waals surface area contributed by atoms with E-state index in [0.29, 0.717) is 17.6 Å². The van der Waals surface area contributed by atoms with Crippen molar-refractivity contribution in [1.82, 2.24) is 19.4 Å². The molecule has 2 aromatic rings. The van der Waals surface area contributed by atoms with Crippen molar-refractivity contribution in [2.75, 3.05) is 18.0 Å². The summed E-state index contributed by atoms with van der Waals surface area (Å²) in [4.78, 5) is 40.1. The van der Waals surface area contributed by atoms with Gasteiger partial charge < -0.3 is 20.3 Å². The number of aromatic nitrogens is 3. The molecule has 3 rings (SSSR count). The van der Waals surface area contributed by atoms with Crippen molar-refractivity contribution in [3.63, 3.8) is 0 Å². The van der Waals surface area contributed by atoms with Crippen LogP contribution in [0.3, 0.4) is 0 Å². The largest absolute Gasteiger partial charge is 0.465 e. The topological polar surface area (TPSA) is 112 Å². The molecule has 0 spiro atoms. The molecular weight excluding hydrogens is 302 g/mol. The summed E-state index contributed by atoms with van der Waals surface area (Å²) in [6.07, 6.45) is 0.588. The van der Waals surface area contributed by atoms with Crippen molar-refractivity contribution in [2.45, 2.75) is 18.9 Å². The second-order valence-corrected chi connectivity index (χ2v) is 5.86. The van der Waals surface area contributed by atoms with E-state index in [9.17, 15) is 14.4 Å². The molecule has 1 atom stereocenters. The number of carbonyl (C=O) groups is 1. The van der Waals surface area contributed by atoms with Crippen LogP contribution in [0.5, 0.6) is 0 Å². The number of carboxylic acid groups (broad SMARTS) is 1. The number of rotatable bonds is 2. The average molecular weight is 321 g/mol. The van der Waals surface area contributed by atoms with Crippen molar-refractivity contribution in [1.29, 1.82) is 0 Å². The maximum Gasteiger partial charge on any atom is 0.404 e. The van der Waals surface area contributed by atoms with Crippen LogP contribution in [-0.4, -0.2) is 44.4 Å². The number of amides is 1. The summed E-state index contributed by atoms with van der Waals surface area (Å²) in [5, 5.41) is 11.3. The summed E-state index contributed by atoms with van der Waals surface area (Å²) in [5.74, 6) is 0.718. The Morgan fingerprint density at radius 3 is 2.78 bits per heavy atom. The van der Waals surface area contributed by atoms with Crippen LogP contribution in [0.2, 0.25) is 0 Å². The Balaban J connectivity index is 1.99. The SMILES string of the molecule is Cn1c(=O)c2[nH]c(N3CCC[C@@H](NC(=O)O)C3)cc2n(C)c1=O. The number of anilines is 1. The van der Waals surface area contributed by atoms with Gasteiger partial charge in [-0.3, -0.25) is 13.9 Å². The van der Waals surface area contributed by atoms with Crippen molar-refractivity contribution in [2.24, 2.45) is 14.1 Å². The predicted octanol–water partition coefficient (Wildman–Crippen LogP) is -0.198. The molecule has 23 heavy (non-hydrogen) atoms. The van der Waals surface area contributed by atoms with Crippen LogP contribution in [0.15, 0.2) is 15.7 Å². The van der Waals surface area contributed by atoms with E-state index in [0.717, 1.165) is 29.8 Å². The fourth-order valence-corrected chi connectivity index (χ4v) is 3.10. The van der Waals surface area contributed by atoms with Crippen molar-refractivity contribution >= 4 is 22.9 Å². The van der Waals surface area contributed by atoms with Gasteiger partial charge in [-0.25, -0.2) is 9.59 Å². The zero-order valence-corrected chi connectivity index (χ0v) is 13.0. The third-order valence-corrected chi connectivity index (χ3v) is 4.33. The summed E-state index contributed by atoms with van der Waals surface area (Å²) in [6.45, 7) is 1.28. The van der Waals surface area contributed by atoms with Crippen LogP contribution in [0.1, 0.15) is 12.8 Å². The Morgan fingerprint density at radius 2 is 2.09 bits per heavy atom. The van der Waals surface area contributed by atoms with Gasteiger partial charge in [-0.15, -0.1) is 0 Å². The molecule has 1 aliphatic heterocycles. The first-order valence-corrected chi connectivity index (χ1v) is 7.41. The van der Waals surface area contributed by atoms with E-state index < -0.39 is 6.09 Å². The van der Waals surface area contributed by atoms with Gasteiger partial charge in [0.2, 0.25) is 0 Å². The zero-order chi connectivity index (χ0) is 16.7. The van der Waals surface area contributed by atoms with E-state index in [4.69, 9.17) is 5.11 Å². The van der Waals surface area contributed by atoms with Gasteiger partial charge in [0, 0.05) is 39.3 Å². The molecule has 124 valence electrons. The molecule has 0 aromatic carbocycles. The van der Waals surface area contributed by atoms with E-state index in [1.165, 1.54) is 11.6 Å². The second-order valence-electron chi connectivity index (χ2n) is 5.86. The van der Waals surface area contributed by atoms with Crippen molar-refractivity contribution in [3.05, 3.63) is 26.9 Å². The van der Waals surface area contributed by atoms with Crippen LogP contribution in [0.25, 0.3) is 11.0 Å². The van der Waals surface area contributed by atoms with Crippen LogP contribution in [0, 0.1) is 0 Å². The molecular formula is C14H19N5O4. The standard InChI is InChI=1S/C14H19N5O4/c1-17-9-6-10(16-11(9)12(20)18(2)14(17)23)19-5-3-4-8(7-19)15-13(21)22/h6,8,15-16H,3-5,7H2,1-2H3,(H,21,22)/t8-/m1/s1. The van der Waals surface area contributed by atoms with Gasteiger partial charge in [0.05, 0.1) is 5.52 Å². The maximum absolute atomic E-state index is 12.2. The lowest BCUT2D eigenvalue weighted by Gasteiger charge is -2.33. The number of aromatic amines is 1.